The summed E-state index contributed by atoms with van der Waals surface area (Å²) in [4.78, 5) is 0. The molecule has 0 aliphatic carbocycles. The zero-order chi connectivity index (χ0) is 15.4. The van der Waals surface area contributed by atoms with Gasteiger partial charge < -0.3 is 14.3 Å². The fourth-order valence-corrected chi connectivity index (χ4v) is 2.02. The second-order valence-electron chi connectivity index (χ2n) is 4.90. The van der Waals surface area contributed by atoms with Crippen LogP contribution in [0.15, 0.2) is 59.0 Å². The molecule has 0 saturated heterocycles. The van der Waals surface area contributed by atoms with E-state index in [9.17, 15) is 5.11 Å². The van der Waals surface area contributed by atoms with E-state index in [4.69, 9.17) is 9.15 Å². The Labute approximate surface area is 128 Å². The van der Waals surface area contributed by atoms with E-state index in [2.05, 4.69) is 10.2 Å². The van der Waals surface area contributed by atoms with Crippen LogP contribution in [0.3, 0.4) is 0 Å². The summed E-state index contributed by atoms with van der Waals surface area (Å²) in [7, 11) is 0. The van der Waals surface area contributed by atoms with Gasteiger partial charge in [-0.05, 0) is 36.8 Å². The van der Waals surface area contributed by atoms with Crippen LogP contribution in [0, 0.1) is 0 Å². The highest BCUT2D eigenvalue weighted by atomic mass is 16.5. The Morgan fingerprint density at radius 1 is 1.09 bits per heavy atom. The smallest absolute Gasteiger partial charge is 0.254 e. The van der Waals surface area contributed by atoms with Crippen LogP contribution in [-0.2, 0) is 6.61 Å². The number of nitrogens with zero attached hydrogens (tertiary/aromatic N) is 2. The van der Waals surface area contributed by atoms with Crippen molar-refractivity contribution in [3.63, 3.8) is 0 Å². The Morgan fingerprint density at radius 2 is 1.91 bits per heavy atom. The molecule has 0 aliphatic rings. The summed E-state index contributed by atoms with van der Waals surface area (Å²) < 4.78 is 11.2. The van der Waals surface area contributed by atoms with Crippen LogP contribution in [0.25, 0.3) is 11.5 Å². The Morgan fingerprint density at radius 3 is 2.68 bits per heavy atom. The zero-order valence-corrected chi connectivity index (χ0v) is 12.1. The van der Waals surface area contributed by atoms with Crippen molar-refractivity contribution in [2.75, 3.05) is 0 Å². The van der Waals surface area contributed by atoms with E-state index < -0.39 is 6.10 Å². The minimum Gasteiger partial charge on any atom is -0.484 e. The molecule has 0 bridgehead atoms. The van der Waals surface area contributed by atoms with Gasteiger partial charge >= 0.3 is 0 Å². The Kier molecular flexibility index (Phi) is 4.16. The van der Waals surface area contributed by atoms with Crippen molar-refractivity contribution < 1.29 is 14.3 Å². The molecular formula is C17H16N2O3. The molecule has 1 unspecified atom stereocenters. The summed E-state index contributed by atoms with van der Waals surface area (Å²) in [5, 5.41) is 17.5. The maximum absolute atomic E-state index is 9.57. The van der Waals surface area contributed by atoms with Gasteiger partial charge in [0.15, 0.2) is 6.61 Å². The van der Waals surface area contributed by atoms with E-state index in [1.807, 2.05) is 48.5 Å². The van der Waals surface area contributed by atoms with Crippen molar-refractivity contribution in [1.82, 2.24) is 10.2 Å². The molecule has 3 rings (SSSR count). The number of hydrogen-bond acceptors (Lipinski definition) is 5. The molecule has 1 heterocycles. The molecule has 0 aliphatic heterocycles. The van der Waals surface area contributed by atoms with E-state index >= 15 is 0 Å². The van der Waals surface area contributed by atoms with Gasteiger partial charge in [0, 0.05) is 5.56 Å². The van der Waals surface area contributed by atoms with Gasteiger partial charge in [-0.25, -0.2) is 0 Å². The van der Waals surface area contributed by atoms with Crippen LogP contribution in [0.2, 0.25) is 0 Å². The quantitative estimate of drug-likeness (QED) is 0.781. The van der Waals surface area contributed by atoms with Crippen molar-refractivity contribution in [2.24, 2.45) is 0 Å². The fourth-order valence-electron chi connectivity index (χ4n) is 2.02. The van der Waals surface area contributed by atoms with Crippen LogP contribution in [0.1, 0.15) is 24.5 Å². The van der Waals surface area contributed by atoms with E-state index in [0.717, 1.165) is 11.1 Å². The average Bonchev–Trinajstić information content (AvgIpc) is 3.03. The third kappa shape index (κ3) is 3.32. The predicted octanol–water partition coefficient (Wildman–Crippen LogP) is 3.37. The molecule has 1 atom stereocenters. The van der Waals surface area contributed by atoms with Gasteiger partial charge in [0.1, 0.15) is 5.75 Å². The summed E-state index contributed by atoms with van der Waals surface area (Å²) >= 11 is 0. The lowest BCUT2D eigenvalue weighted by atomic mass is 10.1. The minimum atomic E-state index is -0.531. The number of aromatic nitrogens is 2. The van der Waals surface area contributed by atoms with E-state index in [0.29, 0.717) is 17.5 Å². The molecule has 3 aromatic rings. The van der Waals surface area contributed by atoms with Gasteiger partial charge in [0.05, 0.1) is 6.10 Å². The van der Waals surface area contributed by atoms with Gasteiger partial charge in [0.2, 0.25) is 5.89 Å². The van der Waals surface area contributed by atoms with Crippen molar-refractivity contribution in [1.29, 1.82) is 0 Å². The van der Waals surface area contributed by atoms with Gasteiger partial charge in [0.25, 0.3) is 5.89 Å². The van der Waals surface area contributed by atoms with Crippen LogP contribution in [0.4, 0.5) is 0 Å². The molecule has 22 heavy (non-hydrogen) atoms. The Bertz CT molecular complexity index is 738. The van der Waals surface area contributed by atoms with Crippen molar-refractivity contribution in [2.45, 2.75) is 19.6 Å². The first-order valence-corrected chi connectivity index (χ1v) is 7.01. The first kappa shape index (κ1) is 14.3. The highest BCUT2D eigenvalue weighted by Gasteiger charge is 2.09. The summed E-state index contributed by atoms with van der Waals surface area (Å²) in [6.07, 6.45) is -0.531. The highest BCUT2D eigenvalue weighted by Crippen LogP contribution is 2.21. The summed E-state index contributed by atoms with van der Waals surface area (Å²) in [5.41, 5.74) is 1.67. The lowest BCUT2D eigenvalue weighted by molar-refractivity contribution is 0.198. The Hall–Kier alpha value is -2.66. The van der Waals surface area contributed by atoms with Crippen LogP contribution in [0.5, 0.6) is 5.75 Å². The molecule has 2 aromatic carbocycles. The molecule has 5 nitrogen and oxygen atoms in total. The third-order valence-electron chi connectivity index (χ3n) is 3.19. The molecule has 5 heteroatoms. The lowest BCUT2D eigenvalue weighted by Crippen LogP contribution is -1.97. The van der Waals surface area contributed by atoms with Crippen molar-refractivity contribution in [3.05, 3.63) is 66.1 Å². The SMILES string of the molecule is CC(O)c1cccc(OCc2nnc(-c3ccccc3)o2)c1. The Balaban J connectivity index is 1.67. The third-order valence-corrected chi connectivity index (χ3v) is 3.19. The van der Waals surface area contributed by atoms with Crippen molar-refractivity contribution in [3.8, 4) is 17.2 Å². The minimum absolute atomic E-state index is 0.184. The molecule has 0 radical (unpaired) electrons. The number of aliphatic hydroxyl groups excluding tert-OH is 1. The van der Waals surface area contributed by atoms with E-state index in [-0.39, 0.29) is 6.61 Å². The van der Waals surface area contributed by atoms with Gasteiger partial charge in [-0.2, -0.15) is 0 Å². The second kappa shape index (κ2) is 6.41. The molecule has 0 amide bonds. The van der Waals surface area contributed by atoms with Gasteiger partial charge in [-0.15, -0.1) is 10.2 Å². The average molecular weight is 296 g/mol. The molecule has 0 fully saturated rings. The summed E-state index contributed by atoms with van der Waals surface area (Å²) in [6.45, 7) is 1.90. The molecule has 112 valence electrons. The maximum Gasteiger partial charge on any atom is 0.254 e. The molecule has 0 saturated carbocycles. The lowest BCUT2D eigenvalue weighted by Gasteiger charge is -2.07. The second-order valence-corrected chi connectivity index (χ2v) is 4.90. The maximum atomic E-state index is 9.57. The van der Waals surface area contributed by atoms with E-state index in [1.54, 1.807) is 13.0 Å². The number of aliphatic hydroxyl groups is 1. The monoisotopic (exact) mass is 296 g/mol. The fraction of sp³-hybridized carbons (Fsp3) is 0.176. The number of benzene rings is 2. The molecule has 1 N–H and O–H groups in total. The molecule has 1 aromatic heterocycles. The highest BCUT2D eigenvalue weighted by molar-refractivity contribution is 5.51. The first-order chi connectivity index (χ1) is 10.7. The first-order valence-electron chi connectivity index (χ1n) is 7.01. The van der Waals surface area contributed by atoms with Gasteiger partial charge in [-0.1, -0.05) is 30.3 Å². The summed E-state index contributed by atoms with van der Waals surface area (Å²) in [6, 6.07) is 16.9. The predicted molar refractivity (Wildman–Crippen MR) is 81.1 cm³/mol. The number of ether oxygens (including phenoxy) is 1. The summed E-state index contributed by atoms with van der Waals surface area (Å²) in [5.74, 6) is 1.52. The largest absolute Gasteiger partial charge is 0.484 e. The standard InChI is InChI=1S/C17H16N2O3/c1-12(20)14-8-5-9-15(10-14)21-11-16-18-19-17(22-16)13-6-3-2-4-7-13/h2-10,12,20H,11H2,1H3. The zero-order valence-electron chi connectivity index (χ0n) is 12.1. The topological polar surface area (TPSA) is 68.4 Å². The number of rotatable bonds is 5. The van der Waals surface area contributed by atoms with Crippen LogP contribution >= 0.6 is 0 Å². The van der Waals surface area contributed by atoms with Crippen LogP contribution < -0.4 is 4.74 Å². The van der Waals surface area contributed by atoms with Gasteiger partial charge in [-0.3, -0.25) is 0 Å². The van der Waals surface area contributed by atoms with E-state index in [1.165, 1.54) is 0 Å². The normalized spacial score (nSPS) is 12.1. The molecular weight excluding hydrogens is 280 g/mol. The van der Waals surface area contributed by atoms with Crippen molar-refractivity contribution >= 4 is 0 Å². The molecule has 0 spiro atoms. The number of hydrogen-bond donors (Lipinski definition) is 1. The van der Waals surface area contributed by atoms with Crippen LogP contribution in [-0.4, -0.2) is 15.3 Å².